The van der Waals surface area contributed by atoms with Crippen LogP contribution in [0.25, 0.3) is 6.08 Å². The van der Waals surface area contributed by atoms with Gasteiger partial charge < -0.3 is 24.6 Å². The first-order valence-corrected chi connectivity index (χ1v) is 10.0. The second kappa shape index (κ2) is 9.41. The van der Waals surface area contributed by atoms with Crippen molar-refractivity contribution in [3.8, 4) is 17.2 Å². The third-order valence-corrected chi connectivity index (χ3v) is 5.83. The second-order valence-corrected chi connectivity index (χ2v) is 7.66. The summed E-state index contributed by atoms with van der Waals surface area (Å²) in [6, 6.07) is 8.54. The summed E-state index contributed by atoms with van der Waals surface area (Å²) in [6.07, 6.45) is 2.85. The Morgan fingerprint density at radius 3 is 2.55 bits per heavy atom. The summed E-state index contributed by atoms with van der Waals surface area (Å²) in [5.41, 5.74) is 0.878. The van der Waals surface area contributed by atoms with Crippen molar-refractivity contribution in [2.24, 2.45) is 5.92 Å². The molecular formula is C23H24ClNO6. The highest BCUT2D eigenvalue weighted by molar-refractivity contribution is 6.32. The van der Waals surface area contributed by atoms with Crippen molar-refractivity contribution in [2.75, 3.05) is 34.4 Å². The van der Waals surface area contributed by atoms with Crippen LogP contribution < -0.4 is 9.47 Å². The maximum Gasteiger partial charge on any atom is 0.228 e. The van der Waals surface area contributed by atoms with Crippen LogP contribution in [-0.4, -0.2) is 61.2 Å². The van der Waals surface area contributed by atoms with Crippen molar-refractivity contribution in [2.45, 2.75) is 5.92 Å². The van der Waals surface area contributed by atoms with Gasteiger partial charge in [-0.3, -0.25) is 9.59 Å². The minimum Gasteiger partial charge on any atom is -0.507 e. The van der Waals surface area contributed by atoms with Crippen molar-refractivity contribution in [3.63, 3.8) is 0 Å². The van der Waals surface area contributed by atoms with Gasteiger partial charge in [-0.1, -0.05) is 29.8 Å². The zero-order chi connectivity index (χ0) is 22.7. The van der Waals surface area contributed by atoms with Crippen molar-refractivity contribution < 1.29 is 29.3 Å². The number of amides is 1. The van der Waals surface area contributed by atoms with Gasteiger partial charge in [0.05, 0.1) is 26.7 Å². The van der Waals surface area contributed by atoms with Crippen molar-refractivity contribution in [1.82, 2.24) is 4.90 Å². The van der Waals surface area contributed by atoms with E-state index in [4.69, 9.17) is 21.1 Å². The van der Waals surface area contributed by atoms with Crippen LogP contribution in [0.4, 0.5) is 0 Å². The number of allylic oxidation sites excluding steroid dienone is 1. The number of phenolic OH excluding ortho intramolecular Hbond substituents is 1. The van der Waals surface area contributed by atoms with E-state index in [1.165, 1.54) is 31.3 Å². The number of benzene rings is 2. The fourth-order valence-corrected chi connectivity index (χ4v) is 4.09. The van der Waals surface area contributed by atoms with E-state index < -0.39 is 24.2 Å². The molecule has 1 fully saturated rings. The molecule has 2 unspecified atom stereocenters. The molecule has 2 N–H and O–H groups in total. The quantitative estimate of drug-likeness (QED) is 0.502. The standard InChI is InChI=1S/C23H24ClNO6/c1-25-11-14(15(12-26)23(25)29)20-18(30-2)10-19(31-3)21(22(20)28)17(27)9-8-13-6-4-5-7-16(13)24/h4-10,14-15,26,28H,11-12H2,1-3H3. The Bertz CT molecular complexity index is 1030. The Balaban J connectivity index is 2.10. The molecule has 1 aliphatic rings. The van der Waals surface area contributed by atoms with E-state index >= 15 is 0 Å². The van der Waals surface area contributed by atoms with E-state index in [0.29, 0.717) is 10.6 Å². The Morgan fingerprint density at radius 2 is 1.94 bits per heavy atom. The van der Waals surface area contributed by atoms with Gasteiger partial charge in [-0.05, 0) is 23.8 Å². The summed E-state index contributed by atoms with van der Waals surface area (Å²) in [5.74, 6) is -1.98. The summed E-state index contributed by atoms with van der Waals surface area (Å²) in [7, 11) is 4.42. The second-order valence-electron chi connectivity index (χ2n) is 7.25. The van der Waals surface area contributed by atoms with Gasteiger partial charge in [0.15, 0.2) is 5.78 Å². The van der Waals surface area contributed by atoms with Crippen LogP contribution in [0, 0.1) is 5.92 Å². The molecule has 0 radical (unpaired) electrons. The number of rotatable bonds is 7. The highest BCUT2D eigenvalue weighted by Gasteiger charge is 2.42. The topological polar surface area (TPSA) is 96.3 Å². The van der Waals surface area contributed by atoms with Gasteiger partial charge in [-0.25, -0.2) is 0 Å². The number of methoxy groups -OCH3 is 2. The van der Waals surface area contributed by atoms with Crippen molar-refractivity contribution >= 4 is 29.4 Å². The molecule has 7 nitrogen and oxygen atoms in total. The first kappa shape index (κ1) is 22.7. The highest BCUT2D eigenvalue weighted by atomic mass is 35.5. The largest absolute Gasteiger partial charge is 0.507 e. The fraction of sp³-hybridized carbons (Fsp3) is 0.304. The molecule has 31 heavy (non-hydrogen) atoms. The number of hydrogen-bond acceptors (Lipinski definition) is 6. The number of aromatic hydroxyl groups is 1. The average molecular weight is 446 g/mol. The average Bonchev–Trinajstić information content (AvgIpc) is 3.05. The number of aliphatic hydroxyl groups excluding tert-OH is 1. The lowest BCUT2D eigenvalue weighted by Crippen LogP contribution is -2.24. The molecule has 2 aromatic rings. The van der Waals surface area contributed by atoms with E-state index in [1.54, 1.807) is 37.4 Å². The number of carbonyl (C=O) groups excluding carboxylic acids is 2. The highest BCUT2D eigenvalue weighted by Crippen LogP contribution is 2.47. The van der Waals surface area contributed by atoms with Crippen LogP contribution >= 0.6 is 11.6 Å². The van der Waals surface area contributed by atoms with Crippen LogP contribution in [-0.2, 0) is 4.79 Å². The van der Waals surface area contributed by atoms with Crippen LogP contribution in [0.1, 0.15) is 27.4 Å². The lowest BCUT2D eigenvalue weighted by Gasteiger charge is -2.22. The zero-order valence-corrected chi connectivity index (χ0v) is 18.2. The van der Waals surface area contributed by atoms with Gasteiger partial charge in [-0.15, -0.1) is 0 Å². The molecule has 1 amide bonds. The minimum absolute atomic E-state index is 0.0553. The first-order chi connectivity index (χ1) is 14.8. The summed E-state index contributed by atoms with van der Waals surface area (Å²) in [5, 5.41) is 21.4. The summed E-state index contributed by atoms with van der Waals surface area (Å²) < 4.78 is 10.8. The van der Waals surface area contributed by atoms with Gasteiger partial charge in [0, 0.05) is 36.2 Å². The van der Waals surface area contributed by atoms with Gasteiger partial charge in [-0.2, -0.15) is 0 Å². The van der Waals surface area contributed by atoms with Crippen molar-refractivity contribution in [1.29, 1.82) is 0 Å². The molecule has 0 saturated carbocycles. The predicted molar refractivity (Wildman–Crippen MR) is 117 cm³/mol. The Labute approximate surface area is 185 Å². The molecule has 8 heteroatoms. The molecule has 0 aromatic heterocycles. The van der Waals surface area contributed by atoms with Gasteiger partial charge in [0.25, 0.3) is 0 Å². The molecule has 1 heterocycles. The number of ketones is 1. The molecule has 1 saturated heterocycles. The monoisotopic (exact) mass is 445 g/mol. The summed E-state index contributed by atoms with van der Waals surface area (Å²) in [4.78, 5) is 26.9. The van der Waals surface area contributed by atoms with E-state index in [1.807, 2.05) is 0 Å². The number of likely N-dealkylation sites (tertiary alicyclic amines) is 1. The van der Waals surface area contributed by atoms with E-state index in [-0.39, 0.29) is 40.8 Å². The molecule has 3 rings (SSSR count). The number of nitrogens with zero attached hydrogens (tertiary/aromatic N) is 1. The Morgan fingerprint density at radius 1 is 1.26 bits per heavy atom. The first-order valence-electron chi connectivity index (χ1n) is 9.64. The number of likely N-dealkylation sites (N-methyl/N-ethyl adjacent to an activating group) is 1. The van der Waals surface area contributed by atoms with Crippen LogP contribution in [0.5, 0.6) is 17.2 Å². The fourth-order valence-electron chi connectivity index (χ4n) is 3.89. The third-order valence-electron chi connectivity index (χ3n) is 5.49. The van der Waals surface area contributed by atoms with Gasteiger partial charge in [0.2, 0.25) is 5.91 Å². The van der Waals surface area contributed by atoms with E-state index in [9.17, 15) is 19.8 Å². The Hall–Kier alpha value is -3.03. The minimum atomic E-state index is -0.750. The SMILES string of the molecule is COc1cc(OC)c(C2CN(C)C(=O)C2CO)c(O)c1C(=O)C=Cc1ccccc1Cl. The van der Waals surface area contributed by atoms with E-state index in [2.05, 4.69) is 0 Å². The van der Waals surface area contributed by atoms with Crippen molar-refractivity contribution in [3.05, 3.63) is 58.1 Å². The lowest BCUT2D eigenvalue weighted by atomic mass is 9.85. The number of carbonyl (C=O) groups is 2. The van der Waals surface area contributed by atoms with Crippen LogP contribution in [0.2, 0.25) is 5.02 Å². The third kappa shape index (κ3) is 4.24. The summed E-state index contributed by atoms with van der Waals surface area (Å²) in [6.45, 7) is -0.123. The molecule has 164 valence electrons. The molecular weight excluding hydrogens is 422 g/mol. The molecule has 1 aliphatic heterocycles. The van der Waals surface area contributed by atoms with Gasteiger partial charge in [0.1, 0.15) is 22.8 Å². The maximum absolute atomic E-state index is 13.0. The number of phenols is 1. The maximum atomic E-state index is 13.0. The zero-order valence-electron chi connectivity index (χ0n) is 17.5. The number of halogens is 1. The molecule has 2 aromatic carbocycles. The summed E-state index contributed by atoms with van der Waals surface area (Å²) >= 11 is 6.14. The number of ether oxygens (including phenoxy) is 2. The normalized spacial score (nSPS) is 18.6. The lowest BCUT2D eigenvalue weighted by molar-refractivity contribution is -0.130. The molecule has 0 spiro atoms. The predicted octanol–water partition coefficient (Wildman–Crippen LogP) is 3.12. The number of aliphatic hydroxyl groups is 1. The van der Waals surface area contributed by atoms with Crippen LogP contribution in [0.3, 0.4) is 0 Å². The van der Waals surface area contributed by atoms with Gasteiger partial charge >= 0.3 is 0 Å². The smallest absolute Gasteiger partial charge is 0.228 e. The molecule has 2 atom stereocenters. The van der Waals surface area contributed by atoms with E-state index in [0.717, 1.165) is 0 Å². The Kier molecular flexibility index (Phi) is 6.87. The number of hydrogen-bond donors (Lipinski definition) is 2. The molecule has 0 bridgehead atoms. The molecule has 0 aliphatic carbocycles. The van der Waals surface area contributed by atoms with Crippen LogP contribution in [0.15, 0.2) is 36.4 Å².